The Hall–Kier alpha value is -2.18. The van der Waals surface area contributed by atoms with Gasteiger partial charge in [0.05, 0.1) is 7.11 Å². The summed E-state index contributed by atoms with van der Waals surface area (Å²) in [5, 5.41) is 0. The zero-order valence-corrected chi connectivity index (χ0v) is 13.6. The first-order valence-corrected chi connectivity index (χ1v) is 8.13. The number of amides is 2. The molecule has 7 heteroatoms. The number of carbonyl (C=O) groups is 2. The van der Waals surface area contributed by atoms with Crippen LogP contribution in [0.3, 0.4) is 0 Å². The summed E-state index contributed by atoms with van der Waals surface area (Å²) >= 11 is 0. The number of benzene rings is 1. The van der Waals surface area contributed by atoms with Crippen LogP contribution in [0.2, 0.25) is 0 Å². The van der Waals surface area contributed by atoms with Crippen LogP contribution in [-0.2, 0) is 4.79 Å². The van der Waals surface area contributed by atoms with Gasteiger partial charge in [-0.1, -0.05) is 12.8 Å². The lowest BCUT2D eigenvalue weighted by Crippen LogP contribution is -2.55. The first-order chi connectivity index (χ1) is 11.5. The molecular weight excluding hydrogens is 318 g/mol. The maximum Gasteiger partial charge on any atom is 0.261 e. The van der Waals surface area contributed by atoms with Gasteiger partial charge in [-0.05, 0) is 25.0 Å². The third-order valence-corrected chi connectivity index (χ3v) is 4.80. The monoisotopic (exact) mass is 338 g/mol. The van der Waals surface area contributed by atoms with Crippen LogP contribution in [0.25, 0.3) is 0 Å². The number of hydrogen-bond acceptors (Lipinski definition) is 3. The van der Waals surface area contributed by atoms with Gasteiger partial charge in [-0.15, -0.1) is 0 Å². The Balaban J connectivity index is 1.78. The topological polar surface area (TPSA) is 49.9 Å². The molecule has 1 saturated heterocycles. The predicted molar refractivity (Wildman–Crippen MR) is 82.8 cm³/mol. The van der Waals surface area contributed by atoms with Gasteiger partial charge in [-0.3, -0.25) is 9.59 Å². The van der Waals surface area contributed by atoms with Crippen molar-refractivity contribution in [2.45, 2.75) is 31.7 Å². The number of methoxy groups -OCH3 is 1. The maximum absolute atomic E-state index is 14.1. The van der Waals surface area contributed by atoms with Crippen LogP contribution < -0.4 is 4.74 Å². The fourth-order valence-electron chi connectivity index (χ4n) is 3.52. The molecule has 0 radical (unpaired) electrons. The molecule has 1 saturated carbocycles. The second-order valence-corrected chi connectivity index (χ2v) is 6.19. The van der Waals surface area contributed by atoms with E-state index in [9.17, 15) is 18.4 Å². The van der Waals surface area contributed by atoms with Gasteiger partial charge in [0.25, 0.3) is 5.91 Å². The molecule has 0 spiro atoms. The summed E-state index contributed by atoms with van der Waals surface area (Å²) in [5.41, 5.74) is -0.459. The number of halogens is 2. The van der Waals surface area contributed by atoms with Crippen molar-refractivity contribution >= 4 is 11.8 Å². The van der Waals surface area contributed by atoms with Crippen LogP contribution in [0.15, 0.2) is 12.1 Å². The van der Waals surface area contributed by atoms with E-state index in [0.717, 1.165) is 31.7 Å². The lowest BCUT2D eigenvalue weighted by atomic mass is 10.1. The minimum atomic E-state index is -1.25. The normalized spacial score (nSPS) is 19.0. The molecule has 130 valence electrons. The molecule has 0 unspecified atom stereocenters. The molecule has 0 atom stereocenters. The summed E-state index contributed by atoms with van der Waals surface area (Å²) in [6.45, 7) is 0.614. The van der Waals surface area contributed by atoms with E-state index in [4.69, 9.17) is 4.74 Å². The van der Waals surface area contributed by atoms with Crippen molar-refractivity contribution in [1.29, 1.82) is 0 Å². The number of ether oxygens (including phenoxy) is 1. The van der Waals surface area contributed by atoms with E-state index < -0.39 is 23.1 Å². The SMILES string of the molecule is COc1ccc(F)c(F)c1C(=O)N1CCN(C2CCCC2)C(=O)C1. The minimum absolute atomic E-state index is 0.0374. The van der Waals surface area contributed by atoms with Gasteiger partial charge in [-0.2, -0.15) is 0 Å². The van der Waals surface area contributed by atoms with Crippen LogP contribution >= 0.6 is 0 Å². The second kappa shape index (κ2) is 6.75. The van der Waals surface area contributed by atoms with E-state index in [0.29, 0.717) is 13.1 Å². The highest BCUT2D eigenvalue weighted by Crippen LogP contribution is 2.28. The summed E-state index contributed by atoms with van der Waals surface area (Å²) in [6.07, 6.45) is 4.21. The average Bonchev–Trinajstić information content (AvgIpc) is 3.10. The number of carbonyl (C=O) groups excluding carboxylic acids is 2. The van der Waals surface area contributed by atoms with E-state index in [1.165, 1.54) is 18.1 Å². The van der Waals surface area contributed by atoms with Gasteiger partial charge < -0.3 is 14.5 Å². The molecular formula is C17H20F2N2O3. The summed E-state index contributed by atoms with van der Waals surface area (Å²) < 4.78 is 32.5. The van der Waals surface area contributed by atoms with Crippen LogP contribution in [-0.4, -0.2) is 54.4 Å². The lowest BCUT2D eigenvalue weighted by molar-refractivity contribution is -0.137. The van der Waals surface area contributed by atoms with Crippen molar-refractivity contribution in [3.05, 3.63) is 29.3 Å². The number of nitrogens with zero attached hydrogens (tertiary/aromatic N) is 2. The molecule has 1 aliphatic carbocycles. The lowest BCUT2D eigenvalue weighted by Gasteiger charge is -2.38. The van der Waals surface area contributed by atoms with Crippen molar-refractivity contribution < 1.29 is 23.1 Å². The van der Waals surface area contributed by atoms with Crippen LogP contribution in [0.4, 0.5) is 8.78 Å². The first-order valence-electron chi connectivity index (χ1n) is 8.13. The molecule has 1 aromatic carbocycles. The fraction of sp³-hybridized carbons (Fsp3) is 0.529. The van der Waals surface area contributed by atoms with Gasteiger partial charge in [0, 0.05) is 19.1 Å². The number of piperazine rings is 1. The van der Waals surface area contributed by atoms with Crippen LogP contribution in [0.1, 0.15) is 36.0 Å². The predicted octanol–water partition coefficient (Wildman–Crippen LogP) is 2.20. The molecule has 0 bridgehead atoms. The fourth-order valence-corrected chi connectivity index (χ4v) is 3.52. The largest absolute Gasteiger partial charge is 0.496 e. The van der Waals surface area contributed by atoms with Crippen molar-refractivity contribution in [2.24, 2.45) is 0 Å². The molecule has 0 N–H and O–H groups in total. The molecule has 24 heavy (non-hydrogen) atoms. The molecule has 1 aliphatic heterocycles. The second-order valence-electron chi connectivity index (χ2n) is 6.19. The molecule has 3 rings (SSSR count). The smallest absolute Gasteiger partial charge is 0.261 e. The molecule has 2 fully saturated rings. The van der Waals surface area contributed by atoms with E-state index >= 15 is 0 Å². The average molecular weight is 338 g/mol. The Kier molecular flexibility index (Phi) is 4.69. The van der Waals surface area contributed by atoms with Crippen molar-refractivity contribution in [3.8, 4) is 5.75 Å². The summed E-state index contributed by atoms with van der Waals surface area (Å²) in [7, 11) is 1.28. The Bertz CT molecular complexity index is 659. The van der Waals surface area contributed by atoms with Gasteiger partial charge in [0.15, 0.2) is 11.6 Å². The van der Waals surface area contributed by atoms with Gasteiger partial charge in [0.2, 0.25) is 5.91 Å². The standard InChI is InChI=1S/C17H20F2N2O3/c1-24-13-7-6-12(18)16(19)15(13)17(23)20-8-9-21(14(22)10-20)11-4-2-3-5-11/h6-7,11H,2-5,8-10H2,1H3. The zero-order chi connectivity index (χ0) is 17.3. The summed E-state index contributed by atoms with van der Waals surface area (Å²) in [5.74, 6) is -3.26. The van der Waals surface area contributed by atoms with Gasteiger partial charge >= 0.3 is 0 Å². The van der Waals surface area contributed by atoms with Crippen molar-refractivity contribution in [2.75, 3.05) is 26.7 Å². The third kappa shape index (κ3) is 2.95. The third-order valence-electron chi connectivity index (χ3n) is 4.80. The van der Waals surface area contributed by atoms with Crippen molar-refractivity contribution in [1.82, 2.24) is 9.80 Å². The Morgan fingerprint density at radius 3 is 2.54 bits per heavy atom. The molecule has 1 aromatic rings. The van der Waals surface area contributed by atoms with Crippen LogP contribution in [0, 0.1) is 11.6 Å². The first kappa shape index (κ1) is 16.7. The van der Waals surface area contributed by atoms with E-state index in [2.05, 4.69) is 0 Å². The Labute approximate surface area is 139 Å². The quantitative estimate of drug-likeness (QED) is 0.849. The van der Waals surface area contributed by atoms with Crippen molar-refractivity contribution in [3.63, 3.8) is 0 Å². The molecule has 2 amide bonds. The van der Waals surface area contributed by atoms with E-state index in [1.807, 2.05) is 4.90 Å². The highest BCUT2D eigenvalue weighted by molar-refractivity contribution is 5.99. The zero-order valence-electron chi connectivity index (χ0n) is 13.6. The highest BCUT2D eigenvalue weighted by Gasteiger charge is 2.35. The van der Waals surface area contributed by atoms with Gasteiger partial charge in [-0.25, -0.2) is 8.78 Å². The van der Waals surface area contributed by atoms with E-state index in [-0.39, 0.29) is 24.2 Å². The Morgan fingerprint density at radius 1 is 1.21 bits per heavy atom. The molecule has 5 nitrogen and oxygen atoms in total. The van der Waals surface area contributed by atoms with Gasteiger partial charge in [0.1, 0.15) is 17.9 Å². The Morgan fingerprint density at radius 2 is 1.92 bits per heavy atom. The summed E-state index contributed by atoms with van der Waals surface area (Å²) in [6, 6.07) is 2.37. The molecule has 2 aliphatic rings. The van der Waals surface area contributed by atoms with Crippen LogP contribution in [0.5, 0.6) is 5.75 Å². The molecule has 1 heterocycles. The number of hydrogen-bond donors (Lipinski definition) is 0. The maximum atomic E-state index is 14.1. The number of rotatable bonds is 3. The molecule has 0 aromatic heterocycles. The van der Waals surface area contributed by atoms with E-state index in [1.54, 1.807) is 0 Å². The minimum Gasteiger partial charge on any atom is -0.496 e. The summed E-state index contributed by atoms with van der Waals surface area (Å²) in [4.78, 5) is 28.0. The highest BCUT2D eigenvalue weighted by atomic mass is 19.2.